The van der Waals surface area contributed by atoms with Crippen molar-refractivity contribution in [1.82, 2.24) is 9.55 Å². The molecule has 0 N–H and O–H groups in total. The summed E-state index contributed by atoms with van der Waals surface area (Å²) in [6, 6.07) is 23.9. The highest BCUT2D eigenvalue weighted by Crippen LogP contribution is 2.19. The van der Waals surface area contributed by atoms with Crippen molar-refractivity contribution in [3.8, 4) is 5.75 Å². The molecule has 0 fully saturated rings. The topological polar surface area (TPSA) is 61.2 Å². The summed E-state index contributed by atoms with van der Waals surface area (Å²) in [4.78, 5) is 30.3. The second-order valence-corrected chi connectivity index (χ2v) is 6.77. The number of ketones is 2. The molecule has 0 saturated carbocycles. The zero-order valence-corrected chi connectivity index (χ0v) is 16.5. The van der Waals surface area contributed by atoms with Crippen LogP contribution in [0.1, 0.15) is 26.5 Å². The maximum atomic E-state index is 12.9. The van der Waals surface area contributed by atoms with E-state index in [1.807, 2.05) is 54.6 Å². The molecule has 1 heterocycles. The van der Waals surface area contributed by atoms with Crippen LogP contribution in [0, 0.1) is 0 Å². The molecular weight excluding hydrogens is 376 g/mol. The van der Waals surface area contributed by atoms with E-state index >= 15 is 0 Å². The monoisotopic (exact) mass is 396 g/mol. The zero-order chi connectivity index (χ0) is 20.9. The van der Waals surface area contributed by atoms with Gasteiger partial charge in [0.1, 0.15) is 5.75 Å². The molecule has 0 aliphatic rings. The zero-order valence-electron chi connectivity index (χ0n) is 16.5. The second kappa shape index (κ2) is 8.57. The lowest BCUT2D eigenvalue weighted by molar-refractivity contribution is 0.0969. The molecule has 0 radical (unpaired) electrons. The fraction of sp³-hybridized carbons (Fsp3) is 0.0800. The van der Waals surface area contributed by atoms with E-state index in [1.165, 1.54) is 6.08 Å². The highest BCUT2D eigenvalue weighted by Gasteiger charge is 2.18. The Bertz CT molecular complexity index is 1220. The molecule has 0 bridgehead atoms. The predicted molar refractivity (Wildman–Crippen MR) is 117 cm³/mol. The summed E-state index contributed by atoms with van der Waals surface area (Å²) in [5.41, 5.74) is 2.89. The minimum atomic E-state index is -0.252. The summed E-state index contributed by atoms with van der Waals surface area (Å²) < 4.78 is 6.83. The number of allylic oxidation sites excluding steroid dienone is 1. The Morgan fingerprint density at radius 2 is 1.63 bits per heavy atom. The minimum absolute atomic E-state index is 0.0209. The van der Waals surface area contributed by atoms with Gasteiger partial charge in [0.2, 0.25) is 5.78 Å². The van der Waals surface area contributed by atoms with E-state index in [-0.39, 0.29) is 23.9 Å². The molecule has 0 aliphatic heterocycles. The number of fused-ring (bicyclic) bond motifs is 1. The van der Waals surface area contributed by atoms with Crippen molar-refractivity contribution in [3.63, 3.8) is 0 Å². The third kappa shape index (κ3) is 4.05. The Morgan fingerprint density at radius 1 is 0.933 bits per heavy atom. The first-order valence-electron chi connectivity index (χ1n) is 9.55. The van der Waals surface area contributed by atoms with Gasteiger partial charge in [0.05, 0.1) is 24.7 Å². The van der Waals surface area contributed by atoms with E-state index in [4.69, 9.17) is 4.74 Å². The lowest BCUT2D eigenvalue weighted by Gasteiger charge is -2.08. The molecule has 5 heteroatoms. The van der Waals surface area contributed by atoms with Crippen molar-refractivity contribution in [1.29, 1.82) is 0 Å². The number of para-hydroxylation sites is 2. The molecule has 5 nitrogen and oxygen atoms in total. The molecule has 3 aromatic carbocycles. The van der Waals surface area contributed by atoms with Crippen LogP contribution in [0.5, 0.6) is 5.75 Å². The number of hydrogen-bond acceptors (Lipinski definition) is 4. The Morgan fingerprint density at radius 3 is 2.37 bits per heavy atom. The smallest absolute Gasteiger partial charge is 0.221 e. The number of rotatable bonds is 7. The minimum Gasteiger partial charge on any atom is -0.497 e. The quantitative estimate of drug-likeness (QED) is 0.332. The fourth-order valence-corrected chi connectivity index (χ4v) is 3.25. The van der Waals surface area contributed by atoms with Gasteiger partial charge in [0, 0.05) is 5.56 Å². The Labute approximate surface area is 174 Å². The molecule has 0 spiro atoms. The predicted octanol–water partition coefficient (Wildman–Crippen LogP) is 4.82. The van der Waals surface area contributed by atoms with Gasteiger partial charge in [0.25, 0.3) is 0 Å². The van der Waals surface area contributed by atoms with Crippen molar-refractivity contribution in [2.45, 2.75) is 6.54 Å². The maximum absolute atomic E-state index is 12.9. The van der Waals surface area contributed by atoms with Crippen LogP contribution in [-0.4, -0.2) is 28.2 Å². The number of Topliss-reactive ketones (excluding diaryl/α,β-unsaturated/α-hetero) is 1. The van der Waals surface area contributed by atoms with Gasteiger partial charge in [0.15, 0.2) is 11.6 Å². The lowest BCUT2D eigenvalue weighted by Crippen LogP contribution is -2.15. The van der Waals surface area contributed by atoms with Crippen molar-refractivity contribution >= 4 is 28.7 Å². The van der Waals surface area contributed by atoms with Crippen LogP contribution in [-0.2, 0) is 6.54 Å². The van der Waals surface area contributed by atoms with Crippen LogP contribution in [0.4, 0.5) is 0 Å². The highest BCUT2D eigenvalue weighted by molar-refractivity contribution is 6.07. The van der Waals surface area contributed by atoms with Gasteiger partial charge in [-0.15, -0.1) is 0 Å². The van der Waals surface area contributed by atoms with Gasteiger partial charge in [-0.05, 0) is 48.0 Å². The first-order valence-corrected chi connectivity index (χ1v) is 9.55. The average molecular weight is 396 g/mol. The van der Waals surface area contributed by atoms with E-state index in [0.717, 1.165) is 11.1 Å². The summed E-state index contributed by atoms with van der Waals surface area (Å²) >= 11 is 0. The van der Waals surface area contributed by atoms with Crippen molar-refractivity contribution < 1.29 is 14.3 Å². The number of benzene rings is 3. The van der Waals surface area contributed by atoms with Crippen LogP contribution in [0.25, 0.3) is 17.1 Å². The van der Waals surface area contributed by atoms with Crippen LogP contribution in [0.2, 0.25) is 0 Å². The number of imidazole rings is 1. The molecule has 148 valence electrons. The summed E-state index contributed by atoms with van der Waals surface area (Å²) in [6.45, 7) is 0.0209. The molecule has 30 heavy (non-hydrogen) atoms. The second-order valence-electron chi connectivity index (χ2n) is 6.77. The van der Waals surface area contributed by atoms with Gasteiger partial charge in [-0.25, -0.2) is 4.98 Å². The SMILES string of the molecule is COc1ccc(C(=O)Cn2c(C(=O)/C=C/c3ccccc3)nc3ccccc32)cc1. The third-order valence-corrected chi connectivity index (χ3v) is 4.82. The van der Waals surface area contributed by atoms with Crippen molar-refractivity contribution in [2.24, 2.45) is 0 Å². The maximum Gasteiger partial charge on any atom is 0.221 e. The average Bonchev–Trinajstić information content (AvgIpc) is 3.16. The Hall–Kier alpha value is -3.99. The number of methoxy groups -OCH3 is 1. The number of aromatic nitrogens is 2. The molecule has 4 rings (SSSR count). The van der Waals surface area contributed by atoms with Gasteiger partial charge in [-0.2, -0.15) is 0 Å². The Kier molecular flexibility index (Phi) is 5.52. The Balaban J connectivity index is 1.67. The number of ether oxygens (including phenoxy) is 1. The molecule has 1 aromatic heterocycles. The first-order chi connectivity index (χ1) is 14.7. The number of carbonyl (C=O) groups excluding carboxylic acids is 2. The van der Waals surface area contributed by atoms with Crippen LogP contribution in [0.15, 0.2) is 84.9 Å². The van der Waals surface area contributed by atoms with Crippen LogP contribution < -0.4 is 4.74 Å². The van der Waals surface area contributed by atoms with Crippen LogP contribution >= 0.6 is 0 Å². The van der Waals surface area contributed by atoms with Gasteiger partial charge >= 0.3 is 0 Å². The van der Waals surface area contributed by atoms with E-state index in [2.05, 4.69) is 4.98 Å². The standard InChI is InChI=1S/C25H20N2O3/c1-30-20-14-12-19(13-15-20)24(29)17-27-22-10-6-5-9-21(22)26-25(27)23(28)16-11-18-7-3-2-4-8-18/h2-16H,17H2,1H3/b16-11+. The van der Waals surface area contributed by atoms with Gasteiger partial charge in [-0.1, -0.05) is 48.5 Å². The molecule has 4 aromatic rings. The van der Waals surface area contributed by atoms with Crippen molar-refractivity contribution in [3.05, 3.63) is 102 Å². The number of hydrogen-bond donors (Lipinski definition) is 0. The van der Waals surface area contributed by atoms with Crippen LogP contribution in [0.3, 0.4) is 0 Å². The highest BCUT2D eigenvalue weighted by atomic mass is 16.5. The molecule has 0 atom stereocenters. The normalized spacial score (nSPS) is 11.1. The largest absolute Gasteiger partial charge is 0.497 e. The summed E-state index contributed by atoms with van der Waals surface area (Å²) in [5.74, 6) is 0.561. The number of nitrogens with zero attached hydrogens (tertiary/aromatic N) is 2. The van der Waals surface area contributed by atoms with Crippen molar-refractivity contribution in [2.75, 3.05) is 7.11 Å². The van der Waals surface area contributed by atoms with E-state index < -0.39 is 0 Å². The molecule has 0 amide bonds. The van der Waals surface area contributed by atoms with Gasteiger partial charge < -0.3 is 9.30 Å². The van der Waals surface area contributed by atoms with E-state index in [9.17, 15) is 9.59 Å². The summed E-state index contributed by atoms with van der Waals surface area (Å²) in [6.07, 6.45) is 3.24. The lowest BCUT2D eigenvalue weighted by atomic mass is 10.1. The fourth-order valence-electron chi connectivity index (χ4n) is 3.25. The first kappa shape index (κ1) is 19.3. The van der Waals surface area contributed by atoms with Gasteiger partial charge in [-0.3, -0.25) is 9.59 Å². The molecule has 0 unspecified atom stereocenters. The van der Waals surface area contributed by atoms with E-state index in [0.29, 0.717) is 16.8 Å². The molecule has 0 saturated heterocycles. The summed E-state index contributed by atoms with van der Waals surface area (Å²) in [7, 11) is 1.58. The third-order valence-electron chi connectivity index (χ3n) is 4.82. The van der Waals surface area contributed by atoms with E-state index in [1.54, 1.807) is 42.0 Å². The molecule has 0 aliphatic carbocycles. The number of carbonyl (C=O) groups is 2. The summed E-state index contributed by atoms with van der Waals surface area (Å²) in [5, 5.41) is 0. The molecular formula is C25H20N2O3.